The summed E-state index contributed by atoms with van der Waals surface area (Å²) in [4.78, 5) is 25.4. The molecule has 0 saturated carbocycles. The van der Waals surface area contributed by atoms with Crippen LogP contribution in [-0.2, 0) is 20.9 Å². The SMILES string of the molecule is COCc1nn2c(c1-c1cccc(Cl)c1)NC(=O)C2CC(=O)Nc1ccc(C)cc1C. The van der Waals surface area contributed by atoms with E-state index in [1.165, 1.54) is 0 Å². The maximum absolute atomic E-state index is 12.7. The van der Waals surface area contributed by atoms with E-state index in [4.69, 9.17) is 16.3 Å². The van der Waals surface area contributed by atoms with Crippen molar-refractivity contribution in [1.82, 2.24) is 9.78 Å². The average molecular weight is 439 g/mol. The first-order chi connectivity index (χ1) is 14.9. The predicted molar refractivity (Wildman–Crippen MR) is 120 cm³/mol. The highest BCUT2D eigenvalue weighted by Crippen LogP contribution is 2.39. The van der Waals surface area contributed by atoms with E-state index < -0.39 is 6.04 Å². The number of nitrogens with zero attached hydrogens (tertiary/aromatic N) is 2. The van der Waals surface area contributed by atoms with Crippen molar-refractivity contribution in [2.45, 2.75) is 32.9 Å². The molecular weight excluding hydrogens is 416 g/mol. The number of hydrogen-bond acceptors (Lipinski definition) is 4. The lowest BCUT2D eigenvalue weighted by atomic mass is 10.1. The molecular formula is C23H23ClN4O3. The third kappa shape index (κ3) is 4.19. The number of fused-ring (bicyclic) bond motifs is 1. The summed E-state index contributed by atoms with van der Waals surface area (Å²) in [7, 11) is 1.58. The highest BCUT2D eigenvalue weighted by molar-refractivity contribution is 6.30. The highest BCUT2D eigenvalue weighted by atomic mass is 35.5. The summed E-state index contributed by atoms with van der Waals surface area (Å²) in [6.07, 6.45) is -0.0325. The first-order valence-electron chi connectivity index (χ1n) is 9.91. The number of carbonyl (C=O) groups excluding carboxylic acids is 2. The summed E-state index contributed by atoms with van der Waals surface area (Å²) in [5.74, 6) is 0.0159. The topological polar surface area (TPSA) is 85.2 Å². The second-order valence-corrected chi connectivity index (χ2v) is 8.07. The zero-order chi connectivity index (χ0) is 22.1. The molecule has 1 aliphatic heterocycles. The summed E-state index contributed by atoms with van der Waals surface area (Å²) in [6, 6.07) is 12.4. The van der Waals surface area contributed by atoms with Gasteiger partial charge in [-0.05, 0) is 43.2 Å². The van der Waals surface area contributed by atoms with Crippen LogP contribution in [0.15, 0.2) is 42.5 Å². The molecule has 0 bridgehead atoms. The summed E-state index contributed by atoms with van der Waals surface area (Å²) in [5.41, 5.74) is 5.05. The normalized spacial score (nSPS) is 15.0. The lowest BCUT2D eigenvalue weighted by Crippen LogP contribution is -2.24. The Bertz CT molecular complexity index is 1170. The van der Waals surface area contributed by atoms with Crippen LogP contribution in [0.25, 0.3) is 11.1 Å². The van der Waals surface area contributed by atoms with Crippen LogP contribution in [0.4, 0.5) is 11.5 Å². The third-order valence-corrected chi connectivity index (χ3v) is 5.49. The number of amides is 2. The second-order valence-electron chi connectivity index (χ2n) is 7.63. The number of nitrogens with one attached hydrogen (secondary N) is 2. The number of anilines is 2. The summed E-state index contributed by atoms with van der Waals surface area (Å²) < 4.78 is 6.88. The lowest BCUT2D eigenvalue weighted by molar-refractivity contribution is -0.123. The van der Waals surface area contributed by atoms with Crippen molar-refractivity contribution in [1.29, 1.82) is 0 Å². The van der Waals surface area contributed by atoms with Crippen LogP contribution in [0.1, 0.15) is 29.3 Å². The third-order valence-electron chi connectivity index (χ3n) is 5.25. The van der Waals surface area contributed by atoms with Crippen molar-refractivity contribution in [2.24, 2.45) is 0 Å². The molecule has 0 spiro atoms. The first kappa shape index (κ1) is 21.1. The van der Waals surface area contributed by atoms with Crippen molar-refractivity contribution in [3.8, 4) is 11.1 Å². The van der Waals surface area contributed by atoms with Crippen LogP contribution < -0.4 is 10.6 Å². The molecule has 4 rings (SSSR count). The fraction of sp³-hybridized carbons (Fsp3) is 0.261. The molecule has 2 heterocycles. The molecule has 0 saturated heterocycles. The first-order valence-corrected chi connectivity index (χ1v) is 10.3. The number of aromatic nitrogens is 2. The molecule has 7 nitrogen and oxygen atoms in total. The van der Waals surface area contributed by atoms with E-state index in [0.29, 0.717) is 16.5 Å². The fourth-order valence-electron chi connectivity index (χ4n) is 3.83. The molecule has 1 atom stereocenters. The lowest BCUT2D eigenvalue weighted by Gasteiger charge is -2.12. The van der Waals surface area contributed by atoms with Gasteiger partial charge in [0.25, 0.3) is 5.91 Å². The van der Waals surface area contributed by atoms with Gasteiger partial charge < -0.3 is 15.4 Å². The number of ether oxygens (including phenoxy) is 1. The van der Waals surface area contributed by atoms with Crippen molar-refractivity contribution in [3.63, 3.8) is 0 Å². The van der Waals surface area contributed by atoms with Crippen LogP contribution in [0.3, 0.4) is 0 Å². The number of hydrogen-bond donors (Lipinski definition) is 2. The van der Waals surface area contributed by atoms with Gasteiger partial charge in [0.1, 0.15) is 11.9 Å². The molecule has 1 aromatic heterocycles. The van der Waals surface area contributed by atoms with Gasteiger partial charge in [0.2, 0.25) is 5.91 Å². The Kier molecular flexibility index (Phi) is 5.80. The Morgan fingerprint density at radius 3 is 2.77 bits per heavy atom. The number of halogens is 1. The largest absolute Gasteiger partial charge is 0.378 e. The smallest absolute Gasteiger partial charge is 0.251 e. The van der Waals surface area contributed by atoms with Crippen LogP contribution in [0.2, 0.25) is 5.02 Å². The fourth-order valence-corrected chi connectivity index (χ4v) is 4.02. The molecule has 2 N–H and O–H groups in total. The van der Waals surface area contributed by atoms with Gasteiger partial charge in [-0.2, -0.15) is 5.10 Å². The molecule has 1 unspecified atom stereocenters. The molecule has 0 aliphatic carbocycles. The second kappa shape index (κ2) is 8.53. The molecule has 2 amide bonds. The molecule has 8 heteroatoms. The van der Waals surface area contributed by atoms with Crippen molar-refractivity contribution in [2.75, 3.05) is 17.7 Å². The minimum atomic E-state index is -0.746. The van der Waals surface area contributed by atoms with E-state index in [0.717, 1.165) is 27.9 Å². The Balaban J connectivity index is 1.63. The summed E-state index contributed by atoms with van der Waals surface area (Å²) >= 11 is 6.17. The Morgan fingerprint density at radius 1 is 1.26 bits per heavy atom. The molecule has 160 valence electrons. The average Bonchev–Trinajstić information content (AvgIpc) is 3.19. The van der Waals surface area contributed by atoms with E-state index in [1.54, 1.807) is 17.9 Å². The van der Waals surface area contributed by atoms with Gasteiger partial charge in [-0.3, -0.25) is 9.59 Å². The van der Waals surface area contributed by atoms with Gasteiger partial charge in [0, 0.05) is 23.4 Å². The molecule has 31 heavy (non-hydrogen) atoms. The maximum Gasteiger partial charge on any atom is 0.251 e. The molecule has 0 fully saturated rings. The number of benzene rings is 2. The van der Waals surface area contributed by atoms with Gasteiger partial charge in [0.15, 0.2) is 0 Å². The maximum atomic E-state index is 12.7. The van der Waals surface area contributed by atoms with Gasteiger partial charge in [0.05, 0.1) is 18.7 Å². The van der Waals surface area contributed by atoms with E-state index in [2.05, 4.69) is 15.7 Å². The van der Waals surface area contributed by atoms with Crippen LogP contribution in [0.5, 0.6) is 0 Å². The number of rotatable bonds is 6. The molecule has 3 aromatic rings. The zero-order valence-electron chi connectivity index (χ0n) is 17.5. The minimum Gasteiger partial charge on any atom is -0.378 e. The van der Waals surface area contributed by atoms with Gasteiger partial charge in [-0.1, -0.05) is 41.4 Å². The van der Waals surface area contributed by atoms with E-state index in [9.17, 15) is 9.59 Å². The van der Waals surface area contributed by atoms with Gasteiger partial charge in [-0.15, -0.1) is 0 Å². The van der Waals surface area contributed by atoms with Crippen LogP contribution >= 0.6 is 11.6 Å². The Labute approximate surface area is 185 Å². The Morgan fingerprint density at radius 2 is 2.06 bits per heavy atom. The van der Waals surface area contributed by atoms with E-state index >= 15 is 0 Å². The molecule has 0 radical (unpaired) electrons. The van der Waals surface area contributed by atoms with Crippen molar-refractivity contribution < 1.29 is 14.3 Å². The molecule has 2 aromatic carbocycles. The van der Waals surface area contributed by atoms with E-state index in [-0.39, 0.29) is 24.8 Å². The van der Waals surface area contributed by atoms with E-state index in [1.807, 2.05) is 50.2 Å². The summed E-state index contributed by atoms with van der Waals surface area (Å²) in [5, 5.41) is 11.0. The minimum absolute atomic E-state index is 0.0325. The van der Waals surface area contributed by atoms with Gasteiger partial charge in [-0.25, -0.2) is 4.68 Å². The quantitative estimate of drug-likeness (QED) is 0.593. The summed E-state index contributed by atoms with van der Waals surface area (Å²) in [6.45, 7) is 4.19. The monoisotopic (exact) mass is 438 g/mol. The Hall–Kier alpha value is -3.16. The van der Waals surface area contributed by atoms with Gasteiger partial charge >= 0.3 is 0 Å². The number of carbonyl (C=O) groups is 2. The predicted octanol–water partition coefficient (Wildman–Crippen LogP) is 4.49. The van der Waals surface area contributed by atoms with Crippen LogP contribution in [-0.4, -0.2) is 28.7 Å². The highest BCUT2D eigenvalue weighted by Gasteiger charge is 2.37. The van der Waals surface area contributed by atoms with Crippen molar-refractivity contribution >= 4 is 34.9 Å². The van der Waals surface area contributed by atoms with Crippen molar-refractivity contribution in [3.05, 3.63) is 64.3 Å². The number of aryl methyl sites for hydroxylation is 2. The van der Waals surface area contributed by atoms with Crippen LogP contribution in [0, 0.1) is 13.8 Å². The standard InChI is InChI=1S/C23H23ClN4O3/c1-13-7-8-17(14(2)9-13)25-20(29)11-19-23(30)26-22-21(15-5-4-6-16(24)10-15)18(12-31-3)27-28(19)22/h4-10,19H,11-12H2,1-3H3,(H,25,29)(H,26,30). The number of methoxy groups -OCH3 is 1. The zero-order valence-corrected chi connectivity index (χ0v) is 18.3. The molecule has 1 aliphatic rings.